The lowest BCUT2D eigenvalue weighted by molar-refractivity contribution is 0.454. The number of thioether (sulfide) groups is 1. The average Bonchev–Trinajstić information content (AvgIpc) is 3.63. The van der Waals surface area contributed by atoms with Crippen molar-refractivity contribution in [2.75, 3.05) is 23.9 Å². The second kappa shape index (κ2) is 12.0. The molecule has 206 valence electrons. The van der Waals surface area contributed by atoms with Crippen LogP contribution in [0.5, 0.6) is 0 Å². The van der Waals surface area contributed by atoms with Crippen LogP contribution < -0.4 is 10.6 Å². The molecule has 6 aromatic rings. The Morgan fingerprint density at radius 2 is 2.00 bits per heavy atom. The SMILES string of the molecule is C=CCNC(CSC)c1ccc(-c2ccc3ncnc(Nc4ccc5c(cnn5Cc5cccc(F)c5)c4)c3c2)o1. The monoisotopic (exact) mass is 564 g/mol. The average molecular weight is 565 g/mol. The Balaban J connectivity index is 1.26. The van der Waals surface area contributed by atoms with Gasteiger partial charge in [-0.3, -0.25) is 4.68 Å². The lowest BCUT2D eigenvalue weighted by Gasteiger charge is -2.14. The number of anilines is 2. The van der Waals surface area contributed by atoms with Crippen molar-refractivity contribution in [3.63, 3.8) is 0 Å². The van der Waals surface area contributed by atoms with Crippen LogP contribution in [0, 0.1) is 5.82 Å². The van der Waals surface area contributed by atoms with Crippen molar-refractivity contribution < 1.29 is 8.81 Å². The number of rotatable bonds is 11. The predicted molar refractivity (Wildman–Crippen MR) is 165 cm³/mol. The maximum absolute atomic E-state index is 13.6. The number of benzene rings is 3. The second-order valence-electron chi connectivity index (χ2n) is 9.69. The molecule has 41 heavy (non-hydrogen) atoms. The zero-order chi connectivity index (χ0) is 28.2. The Kier molecular flexibility index (Phi) is 7.80. The molecule has 7 nitrogen and oxygen atoms in total. The molecule has 0 spiro atoms. The molecule has 0 aliphatic heterocycles. The minimum atomic E-state index is -0.251. The van der Waals surface area contributed by atoms with E-state index >= 15 is 0 Å². The number of nitrogens with one attached hydrogen (secondary N) is 2. The highest BCUT2D eigenvalue weighted by Crippen LogP contribution is 2.32. The van der Waals surface area contributed by atoms with Crippen molar-refractivity contribution in [2.24, 2.45) is 0 Å². The van der Waals surface area contributed by atoms with Gasteiger partial charge in [0.15, 0.2) is 0 Å². The van der Waals surface area contributed by atoms with Crippen molar-refractivity contribution in [1.82, 2.24) is 25.1 Å². The van der Waals surface area contributed by atoms with Crippen LogP contribution in [0.3, 0.4) is 0 Å². The number of aromatic nitrogens is 4. The molecule has 0 aliphatic carbocycles. The fourth-order valence-electron chi connectivity index (χ4n) is 4.87. The van der Waals surface area contributed by atoms with Crippen molar-refractivity contribution in [3.8, 4) is 11.3 Å². The standard InChI is InChI=1S/C32H29FN6OS/c1-3-13-34-28(19-41-2)31-12-11-30(40-31)22-7-9-27-26(16-22)32(36-20-35-27)38-25-8-10-29-23(15-25)17-37-39(29)18-21-5-4-6-24(33)14-21/h3-12,14-17,20,28,34H,1,13,18-19H2,2H3,(H,35,36,38). The molecule has 1 unspecified atom stereocenters. The van der Waals surface area contributed by atoms with Gasteiger partial charge >= 0.3 is 0 Å². The summed E-state index contributed by atoms with van der Waals surface area (Å²) in [5, 5.41) is 13.3. The number of hydrogen-bond donors (Lipinski definition) is 2. The predicted octanol–water partition coefficient (Wildman–Crippen LogP) is 7.35. The first kappa shape index (κ1) is 26.7. The van der Waals surface area contributed by atoms with Gasteiger partial charge in [-0.1, -0.05) is 18.2 Å². The summed E-state index contributed by atoms with van der Waals surface area (Å²) >= 11 is 1.77. The Morgan fingerprint density at radius 1 is 1.07 bits per heavy atom. The van der Waals surface area contributed by atoms with E-state index in [-0.39, 0.29) is 11.9 Å². The summed E-state index contributed by atoms with van der Waals surface area (Å²) in [6, 6.07) is 22.8. The Hall–Kier alpha value is -4.47. The second-order valence-corrected chi connectivity index (χ2v) is 10.6. The maximum Gasteiger partial charge on any atom is 0.141 e. The molecule has 3 heterocycles. The number of hydrogen-bond acceptors (Lipinski definition) is 7. The highest BCUT2D eigenvalue weighted by atomic mass is 32.2. The number of fused-ring (bicyclic) bond motifs is 2. The highest BCUT2D eigenvalue weighted by molar-refractivity contribution is 7.98. The molecular weight excluding hydrogens is 535 g/mol. The van der Waals surface area contributed by atoms with Crippen LogP contribution in [-0.4, -0.2) is 38.3 Å². The van der Waals surface area contributed by atoms with Crippen LogP contribution in [0.15, 0.2) is 102 Å². The molecule has 0 saturated heterocycles. The molecule has 0 bridgehead atoms. The van der Waals surface area contributed by atoms with E-state index in [2.05, 4.69) is 44.6 Å². The summed E-state index contributed by atoms with van der Waals surface area (Å²) < 4.78 is 21.8. The molecule has 2 N–H and O–H groups in total. The quantitative estimate of drug-likeness (QED) is 0.159. The maximum atomic E-state index is 13.6. The fraction of sp³-hybridized carbons (Fsp3) is 0.156. The fourth-order valence-corrected chi connectivity index (χ4v) is 5.49. The van der Waals surface area contributed by atoms with Crippen LogP contribution in [-0.2, 0) is 6.54 Å². The van der Waals surface area contributed by atoms with Gasteiger partial charge in [-0.15, -0.1) is 6.58 Å². The zero-order valence-electron chi connectivity index (χ0n) is 22.5. The lowest BCUT2D eigenvalue weighted by Crippen LogP contribution is -2.22. The van der Waals surface area contributed by atoms with E-state index in [0.717, 1.165) is 55.9 Å². The third kappa shape index (κ3) is 5.86. The van der Waals surface area contributed by atoms with Gasteiger partial charge in [0.05, 0.1) is 29.8 Å². The first-order valence-electron chi connectivity index (χ1n) is 13.3. The van der Waals surface area contributed by atoms with Gasteiger partial charge in [0.1, 0.15) is 29.5 Å². The molecule has 0 saturated carbocycles. The molecular formula is C32H29FN6OS. The van der Waals surface area contributed by atoms with Crippen molar-refractivity contribution >= 4 is 45.1 Å². The summed E-state index contributed by atoms with van der Waals surface area (Å²) in [5.41, 5.74) is 4.47. The molecule has 6 rings (SSSR count). The molecule has 0 aliphatic rings. The lowest BCUT2D eigenvalue weighted by atomic mass is 10.1. The molecule has 0 radical (unpaired) electrons. The number of furan rings is 1. The van der Waals surface area contributed by atoms with E-state index in [9.17, 15) is 4.39 Å². The van der Waals surface area contributed by atoms with Gasteiger partial charge in [0.2, 0.25) is 0 Å². The summed E-state index contributed by atoms with van der Waals surface area (Å²) in [6.45, 7) is 5.01. The van der Waals surface area contributed by atoms with Gasteiger partial charge in [-0.2, -0.15) is 16.9 Å². The van der Waals surface area contributed by atoms with Crippen molar-refractivity contribution in [3.05, 3.63) is 115 Å². The van der Waals surface area contributed by atoms with E-state index in [4.69, 9.17) is 4.42 Å². The van der Waals surface area contributed by atoms with Gasteiger partial charge in [-0.05, 0) is 72.5 Å². The van der Waals surface area contributed by atoms with E-state index in [1.54, 1.807) is 24.2 Å². The van der Waals surface area contributed by atoms with Crippen molar-refractivity contribution in [1.29, 1.82) is 0 Å². The zero-order valence-corrected chi connectivity index (χ0v) is 23.4. The Morgan fingerprint density at radius 3 is 2.85 bits per heavy atom. The Bertz CT molecular complexity index is 1830. The smallest absolute Gasteiger partial charge is 0.141 e. The summed E-state index contributed by atoms with van der Waals surface area (Å²) in [5.74, 6) is 3.02. The third-order valence-corrected chi connectivity index (χ3v) is 7.52. The third-order valence-electron chi connectivity index (χ3n) is 6.86. The van der Waals surface area contributed by atoms with Crippen molar-refractivity contribution in [2.45, 2.75) is 12.6 Å². The number of nitrogens with zero attached hydrogens (tertiary/aromatic N) is 4. The summed E-state index contributed by atoms with van der Waals surface area (Å²) in [4.78, 5) is 9.01. The van der Waals surface area contributed by atoms with Gasteiger partial charge in [0, 0.05) is 34.3 Å². The van der Waals surface area contributed by atoms with Crippen LogP contribution in [0.1, 0.15) is 17.4 Å². The summed E-state index contributed by atoms with van der Waals surface area (Å²) in [6.07, 6.45) is 7.31. The first-order chi connectivity index (χ1) is 20.1. The van der Waals surface area contributed by atoms with E-state index in [1.807, 2.05) is 65.5 Å². The minimum Gasteiger partial charge on any atom is -0.459 e. The molecule has 9 heteroatoms. The summed E-state index contributed by atoms with van der Waals surface area (Å²) in [7, 11) is 0. The minimum absolute atomic E-state index is 0.103. The van der Waals surface area contributed by atoms with Crippen LogP contribution in [0.4, 0.5) is 15.9 Å². The van der Waals surface area contributed by atoms with Gasteiger partial charge < -0.3 is 15.1 Å². The van der Waals surface area contributed by atoms with Crippen LogP contribution in [0.2, 0.25) is 0 Å². The molecule has 0 amide bonds. The van der Waals surface area contributed by atoms with Crippen LogP contribution >= 0.6 is 11.8 Å². The number of halogens is 1. The first-order valence-corrected chi connectivity index (χ1v) is 14.7. The molecule has 3 aromatic heterocycles. The largest absolute Gasteiger partial charge is 0.459 e. The molecule has 3 aromatic carbocycles. The molecule has 0 fully saturated rings. The van der Waals surface area contributed by atoms with E-state index in [1.165, 1.54) is 12.1 Å². The van der Waals surface area contributed by atoms with Gasteiger partial charge in [0.25, 0.3) is 0 Å². The van der Waals surface area contributed by atoms with E-state index < -0.39 is 0 Å². The van der Waals surface area contributed by atoms with Crippen LogP contribution in [0.25, 0.3) is 33.1 Å². The normalized spacial score (nSPS) is 12.1. The van der Waals surface area contributed by atoms with E-state index in [0.29, 0.717) is 18.9 Å². The van der Waals surface area contributed by atoms with Gasteiger partial charge in [-0.25, -0.2) is 14.4 Å². The topological polar surface area (TPSA) is 80.8 Å². The molecule has 1 atom stereocenters. The Labute approximate surface area is 241 Å². The highest BCUT2D eigenvalue weighted by Gasteiger charge is 2.16.